The highest BCUT2D eigenvalue weighted by atomic mass is 16.5. The number of aliphatic imine (C=N–C) groups is 1. The Balaban J connectivity index is 1.66. The molecular weight excluding hydrogens is 444 g/mol. The van der Waals surface area contributed by atoms with Gasteiger partial charge in [-0.25, -0.2) is 9.79 Å². The molecule has 0 spiro atoms. The first-order valence-corrected chi connectivity index (χ1v) is 11.9. The van der Waals surface area contributed by atoms with E-state index in [9.17, 15) is 9.59 Å². The molecule has 0 atom stereocenters. The number of anilines is 3. The van der Waals surface area contributed by atoms with Crippen molar-refractivity contribution in [1.82, 2.24) is 5.32 Å². The lowest BCUT2D eigenvalue weighted by Crippen LogP contribution is -2.27. The predicted molar refractivity (Wildman–Crippen MR) is 138 cm³/mol. The van der Waals surface area contributed by atoms with Crippen molar-refractivity contribution in [2.45, 2.75) is 38.5 Å². The third kappa shape index (κ3) is 8.43. The third-order valence-corrected chi connectivity index (χ3v) is 5.73. The summed E-state index contributed by atoms with van der Waals surface area (Å²) in [7, 11) is 1.66. The van der Waals surface area contributed by atoms with Gasteiger partial charge in [-0.2, -0.15) is 5.26 Å². The van der Waals surface area contributed by atoms with E-state index in [0.717, 1.165) is 37.8 Å². The second-order valence-electron chi connectivity index (χ2n) is 8.38. The van der Waals surface area contributed by atoms with Crippen molar-refractivity contribution in [3.63, 3.8) is 0 Å². The minimum atomic E-state index is -0.486. The maximum Gasteiger partial charge on any atom is 0.324 e. The summed E-state index contributed by atoms with van der Waals surface area (Å²) in [6.45, 7) is 1.32. The lowest BCUT2D eigenvalue weighted by molar-refractivity contribution is -0.120. The van der Waals surface area contributed by atoms with Crippen LogP contribution in [0.3, 0.4) is 0 Å². The van der Waals surface area contributed by atoms with Crippen molar-refractivity contribution in [2.24, 2.45) is 10.9 Å². The number of rotatable bonds is 10. The summed E-state index contributed by atoms with van der Waals surface area (Å²) in [5.41, 5.74) is 2.97. The van der Waals surface area contributed by atoms with E-state index in [0.29, 0.717) is 35.8 Å². The molecule has 0 radical (unpaired) electrons. The summed E-state index contributed by atoms with van der Waals surface area (Å²) in [5.74, 6) is 0.0879. The van der Waals surface area contributed by atoms with Gasteiger partial charge in [-0.15, -0.1) is 0 Å². The maximum absolute atomic E-state index is 12.7. The van der Waals surface area contributed by atoms with Gasteiger partial charge in [0, 0.05) is 37.6 Å². The van der Waals surface area contributed by atoms with Crippen LogP contribution in [0, 0.1) is 17.2 Å². The maximum atomic E-state index is 12.7. The number of methoxy groups -OCH3 is 1. The topological polar surface area (TPSA) is 128 Å². The number of nitrogens with one attached hydrogen (secondary N) is 4. The first-order valence-electron chi connectivity index (χ1n) is 11.9. The molecule has 2 aromatic carbocycles. The number of nitrogens with zero attached hydrogens (tertiary/aromatic N) is 2. The number of carbonyl (C=O) groups is 2. The first-order chi connectivity index (χ1) is 17.1. The summed E-state index contributed by atoms with van der Waals surface area (Å²) in [4.78, 5) is 29.3. The van der Waals surface area contributed by atoms with Crippen LogP contribution in [0.25, 0.3) is 0 Å². The molecule has 184 valence electrons. The van der Waals surface area contributed by atoms with E-state index in [4.69, 9.17) is 10.00 Å². The van der Waals surface area contributed by atoms with Crippen LogP contribution in [-0.2, 0) is 9.53 Å². The van der Waals surface area contributed by atoms with Crippen molar-refractivity contribution in [3.05, 3.63) is 48.0 Å². The molecule has 3 rings (SSSR count). The summed E-state index contributed by atoms with van der Waals surface area (Å²) >= 11 is 0. The van der Waals surface area contributed by atoms with Gasteiger partial charge in [0.15, 0.2) is 0 Å². The van der Waals surface area contributed by atoms with E-state index in [1.54, 1.807) is 37.4 Å². The summed E-state index contributed by atoms with van der Waals surface area (Å²) in [6, 6.07) is 13.7. The Bertz CT molecular complexity index is 1070. The fourth-order valence-corrected chi connectivity index (χ4v) is 3.91. The fourth-order valence-electron chi connectivity index (χ4n) is 3.91. The first kappa shape index (κ1) is 25.7. The second-order valence-corrected chi connectivity index (χ2v) is 8.38. The lowest BCUT2D eigenvalue weighted by atomic mass is 9.88. The quantitative estimate of drug-likeness (QED) is 0.218. The molecule has 1 aliphatic carbocycles. The van der Waals surface area contributed by atoms with Crippen molar-refractivity contribution in [2.75, 3.05) is 36.2 Å². The Hall–Kier alpha value is -3.90. The molecule has 9 heteroatoms. The van der Waals surface area contributed by atoms with Crippen molar-refractivity contribution in [3.8, 4) is 6.07 Å². The van der Waals surface area contributed by atoms with Crippen molar-refractivity contribution < 1.29 is 14.3 Å². The van der Waals surface area contributed by atoms with E-state index in [1.165, 1.54) is 12.8 Å². The summed E-state index contributed by atoms with van der Waals surface area (Å²) in [6.07, 6.45) is 7.34. The molecule has 1 saturated carbocycles. The number of ether oxygens (including phenoxy) is 1. The fraction of sp³-hybridized carbons (Fsp3) is 0.385. The van der Waals surface area contributed by atoms with Gasteiger partial charge in [-0.3, -0.25) is 10.1 Å². The normalized spacial score (nSPS) is 13.7. The molecule has 0 unspecified atom stereocenters. The molecular formula is C26H32N6O3. The van der Waals surface area contributed by atoms with Crippen molar-refractivity contribution >= 4 is 41.0 Å². The molecule has 1 aliphatic rings. The molecule has 0 aliphatic heterocycles. The molecule has 9 nitrogen and oxygen atoms in total. The minimum Gasteiger partial charge on any atom is -0.385 e. The highest BCUT2D eigenvalue weighted by molar-refractivity contribution is 5.97. The molecule has 35 heavy (non-hydrogen) atoms. The SMILES string of the molecule is COCCCNc1ccc(NC(=O)C2CCCCC2)cc1N=CNC(=O)Nc1cccc(C#N)c1. The van der Waals surface area contributed by atoms with Gasteiger partial charge < -0.3 is 20.7 Å². The molecule has 0 bridgehead atoms. The van der Waals surface area contributed by atoms with Gasteiger partial charge in [-0.05, 0) is 55.7 Å². The van der Waals surface area contributed by atoms with Gasteiger partial charge in [0.05, 0.1) is 29.3 Å². The number of amides is 3. The van der Waals surface area contributed by atoms with Gasteiger partial charge in [0.2, 0.25) is 5.91 Å². The molecule has 0 saturated heterocycles. The van der Waals surface area contributed by atoms with Gasteiger partial charge in [-0.1, -0.05) is 25.3 Å². The number of benzene rings is 2. The molecule has 3 amide bonds. The molecule has 4 N–H and O–H groups in total. The number of nitriles is 1. The minimum absolute atomic E-state index is 0.0394. The van der Waals surface area contributed by atoms with Crippen LogP contribution in [0.15, 0.2) is 47.5 Å². The summed E-state index contributed by atoms with van der Waals surface area (Å²) in [5, 5.41) is 20.6. The van der Waals surface area contributed by atoms with Crippen LogP contribution < -0.4 is 21.3 Å². The summed E-state index contributed by atoms with van der Waals surface area (Å²) < 4.78 is 5.10. The van der Waals surface area contributed by atoms with E-state index in [1.807, 2.05) is 18.2 Å². The predicted octanol–water partition coefficient (Wildman–Crippen LogP) is 5.01. The molecule has 0 aromatic heterocycles. The van der Waals surface area contributed by atoms with Crippen LogP contribution in [0.1, 0.15) is 44.1 Å². The Morgan fingerprint density at radius 2 is 1.91 bits per heavy atom. The average molecular weight is 477 g/mol. The Morgan fingerprint density at radius 3 is 2.69 bits per heavy atom. The lowest BCUT2D eigenvalue weighted by Gasteiger charge is -2.21. The van der Waals surface area contributed by atoms with Gasteiger partial charge >= 0.3 is 6.03 Å². The zero-order chi connectivity index (χ0) is 24.9. The van der Waals surface area contributed by atoms with E-state index >= 15 is 0 Å². The molecule has 0 heterocycles. The molecule has 1 fully saturated rings. The van der Waals surface area contributed by atoms with Crippen LogP contribution in [0.2, 0.25) is 0 Å². The zero-order valence-corrected chi connectivity index (χ0v) is 20.0. The Kier molecular flexibility index (Phi) is 10.1. The number of hydrogen-bond donors (Lipinski definition) is 4. The third-order valence-electron chi connectivity index (χ3n) is 5.73. The Labute approximate surface area is 206 Å². The highest BCUT2D eigenvalue weighted by Gasteiger charge is 2.21. The monoisotopic (exact) mass is 476 g/mol. The van der Waals surface area contributed by atoms with Crippen LogP contribution >= 0.6 is 0 Å². The number of carbonyl (C=O) groups excluding carboxylic acids is 2. The van der Waals surface area contributed by atoms with Crippen molar-refractivity contribution in [1.29, 1.82) is 5.26 Å². The van der Waals surface area contributed by atoms with E-state index in [-0.39, 0.29) is 11.8 Å². The Morgan fingerprint density at radius 1 is 1.11 bits per heavy atom. The average Bonchev–Trinajstić information content (AvgIpc) is 2.88. The van der Waals surface area contributed by atoms with Gasteiger partial charge in [0.1, 0.15) is 0 Å². The highest BCUT2D eigenvalue weighted by Crippen LogP contribution is 2.30. The zero-order valence-electron chi connectivity index (χ0n) is 20.0. The van der Waals surface area contributed by atoms with E-state index in [2.05, 4.69) is 26.3 Å². The number of urea groups is 1. The smallest absolute Gasteiger partial charge is 0.324 e. The molecule has 2 aromatic rings. The second kappa shape index (κ2) is 13.7. The van der Waals surface area contributed by atoms with Crippen LogP contribution in [-0.4, -0.2) is 38.5 Å². The largest absolute Gasteiger partial charge is 0.385 e. The number of hydrogen-bond acceptors (Lipinski definition) is 6. The standard InChI is InChI=1S/C26H32N6O3/c1-35-14-6-13-28-23-12-11-22(31-25(33)20-8-3-2-4-9-20)16-24(23)29-18-30-26(34)32-21-10-5-7-19(15-21)17-27/h5,7,10-12,15-16,18,20,28H,2-4,6,8-9,13-14H2,1H3,(H,31,33)(H2,29,30,32,34). The van der Waals surface area contributed by atoms with Crippen LogP contribution in [0.5, 0.6) is 0 Å². The van der Waals surface area contributed by atoms with E-state index < -0.39 is 6.03 Å². The van der Waals surface area contributed by atoms with Gasteiger partial charge in [0.25, 0.3) is 0 Å². The van der Waals surface area contributed by atoms with Crippen LogP contribution in [0.4, 0.5) is 27.5 Å².